The number of ketones is 1. The lowest BCUT2D eigenvalue weighted by Gasteiger charge is -2.23. The lowest BCUT2D eigenvalue weighted by atomic mass is 10.2. The van der Waals surface area contributed by atoms with Gasteiger partial charge in [0.2, 0.25) is 0 Å². The Balaban J connectivity index is -0.000000568. The normalized spacial score (nSPS) is 18.4. The van der Waals surface area contributed by atoms with Crippen molar-refractivity contribution in [1.82, 2.24) is 4.90 Å². The number of rotatable bonds is 9. The summed E-state index contributed by atoms with van der Waals surface area (Å²) in [6.45, 7) is 14.2. The Morgan fingerprint density at radius 3 is 2.19 bits per heavy atom. The van der Waals surface area contributed by atoms with E-state index >= 15 is 0 Å². The van der Waals surface area contributed by atoms with Crippen molar-refractivity contribution in [3.63, 3.8) is 0 Å². The van der Waals surface area contributed by atoms with Gasteiger partial charge in [0.15, 0.2) is 0 Å². The van der Waals surface area contributed by atoms with Crippen molar-refractivity contribution in [1.29, 1.82) is 0 Å². The maximum Gasteiger partial charge on any atom is 0.303 e. The van der Waals surface area contributed by atoms with E-state index in [-0.39, 0.29) is 18.3 Å². The molecule has 1 aliphatic heterocycles. The summed E-state index contributed by atoms with van der Waals surface area (Å²) < 4.78 is 5.58. The Kier molecular flexibility index (Phi) is 24.6. The van der Waals surface area contributed by atoms with Crippen LogP contribution in [-0.2, 0) is 19.1 Å². The summed E-state index contributed by atoms with van der Waals surface area (Å²) in [5.74, 6) is -0.581. The van der Waals surface area contributed by atoms with E-state index in [0.29, 0.717) is 25.7 Å². The maximum atomic E-state index is 10.3. The highest BCUT2D eigenvalue weighted by Crippen LogP contribution is 2.18. The second-order valence-corrected chi connectivity index (χ2v) is 5.87. The minimum atomic E-state index is -0.747. The number of β-amino-alcohol motifs (C(OH)–C–C–N with tert-alkyl or cyclic N) is 1. The SMILES string of the molecule is C=O.CC.CC(C)=O.CCCN1CC(O)C[C@H]1COCCCCC(=O)O. The number of carboxylic acid groups (broad SMARTS) is 1. The molecular weight excluding hydrogens is 338 g/mol. The second kappa shape index (κ2) is 21.7. The van der Waals surface area contributed by atoms with Crippen molar-refractivity contribution >= 4 is 18.5 Å². The number of nitrogens with zero attached hydrogens (tertiary/aromatic N) is 1. The number of carbonyl (C=O) groups excluding carboxylic acids is 2. The molecule has 156 valence electrons. The minimum absolute atomic E-state index is 0.167. The number of carboxylic acids is 1. The van der Waals surface area contributed by atoms with E-state index in [1.54, 1.807) is 0 Å². The molecule has 0 bridgehead atoms. The maximum absolute atomic E-state index is 10.3. The van der Waals surface area contributed by atoms with Crippen molar-refractivity contribution in [2.75, 3.05) is 26.3 Å². The van der Waals surface area contributed by atoms with Crippen LogP contribution in [0.4, 0.5) is 0 Å². The van der Waals surface area contributed by atoms with Crippen LogP contribution in [0.25, 0.3) is 0 Å². The van der Waals surface area contributed by atoms with Crippen molar-refractivity contribution in [2.45, 2.75) is 78.9 Å². The molecule has 0 radical (unpaired) electrons. The topological polar surface area (TPSA) is 104 Å². The van der Waals surface area contributed by atoms with Gasteiger partial charge in [-0.2, -0.15) is 0 Å². The van der Waals surface area contributed by atoms with Crippen LogP contribution in [0.5, 0.6) is 0 Å². The van der Waals surface area contributed by atoms with E-state index < -0.39 is 5.97 Å². The van der Waals surface area contributed by atoms with E-state index in [0.717, 1.165) is 32.4 Å². The first kappa shape index (κ1) is 29.5. The van der Waals surface area contributed by atoms with Crippen molar-refractivity contribution in [2.24, 2.45) is 0 Å². The number of aliphatic hydroxyl groups excluding tert-OH is 1. The Morgan fingerprint density at radius 2 is 1.73 bits per heavy atom. The molecule has 26 heavy (non-hydrogen) atoms. The van der Waals surface area contributed by atoms with Crippen LogP contribution in [0, 0.1) is 0 Å². The van der Waals surface area contributed by atoms with E-state index in [9.17, 15) is 14.7 Å². The fourth-order valence-electron chi connectivity index (χ4n) is 2.39. The van der Waals surface area contributed by atoms with Crippen molar-refractivity contribution in [3.8, 4) is 0 Å². The Bertz CT molecular complexity index is 334. The molecule has 0 aliphatic carbocycles. The zero-order chi connectivity index (χ0) is 21.0. The van der Waals surface area contributed by atoms with E-state index in [2.05, 4.69) is 11.8 Å². The highest BCUT2D eigenvalue weighted by molar-refractivity contribution is 5.72. The monoisotopic (exact) mass is 377 g/mol. The number of unbranched alkanes of at least 4 members (excludes halogenated alkanes) is 1. The molecule has 1 heterocycles. The number of aliphatic hydroxyl groups is 1. The number of ether oxygens (including phenoxy) is 1. The summed E-state index contributed by atoms with van der Waals surface area (Å²) >= 11 is 0. The number of aliphatic carboxylic acids is 1. The molecule has 0 amide bonds. The highest BCUT2D eigenvalue weighted by atomic mass is 16.5. The molecule has 0 saturated carbocycles. The van der Waals surface area contributed by atoms with Crippen LogP contribution in [0.2, 0.25) is 0 Å². The average Bonchev–Trinajstić information content (AvgIpc) is 2.94. The zero-order valence-corrected chi connectivity index (χ0v) is 17.2. The second-order valence-electron chi connectivity index (χ2n) is 5.87. The van der Waals surface area contributed by atoms with Gasteiger partial charge in [0, 0.05) is 25.6 Å². The molecule has 0 aromatic rings. The molecule has 7 nitrogen and oxygen atoms in total. The fourth-order valence-corrected chi connectivity index (χ4v) is 2.39. The van der Waals surface area contributed by atoms with Crippen LogP contribution < -0.4 is 0 Å². The van der Waals surface area contributed by atoms with Crippen LogP contribution in [0.15, 0.2) is 0 Å². The summed E-state index contributed by atoms with van der Waals surface area (Å²) in [4.78, 5) is 30.0. The molecule has 1 rings (SSSR count). The predicted octanol–water partition coefficient (Wildman–Crippen LogP) is 2.54. The minimum Gasteiger partial charge on any atom is -0.481 e. The van der Waals surface area contributed by atoms with Gasteiger partial charge in [0.05, 0.1) is 12.7 Å². The molecule has 0 spiro atoms. The smallest absolute Gasteiger partial charge is 0.303 e. The Hall–Kier alpha value is -1.31. The van der Waals surface area contributed by atoms with Gasteiger partial charge in [-0.15, -0.1) is 0 Å². The van der Waals surface area contributed by atoms with Crippen molar-refractivity contribution in [3.05, 3.63) is 0 Å². The molecule has 0 aromatic carbocycles. The summed E-state index contributed by atoms with van der Waals surface area (Å²) in [5, 5.41) is 18.1. The molecule has 1 aliphatic rings. The fraction of sp³-hybridized carbons (Fsp3) is 0.842. The predicted molar refractivity (Wildman–Crippen MR) is 103 cm³/mol. The molecule has 7 heteroatoms. The third-order valence-corrected chi connectivity index (χ3v) is 3.26. The molecular formula is C19H39NO6. The van der Waals surface area contributed by atoms with E-state index in [1.807, 2.05) is 20.6 Å². The van der Waals surface area contributed by atoms with Crippen LogP contribution in [-0.4, -0.2) is 72.1 Å². The first-order chi connectivity index (χ1) is 12.4. The molecule has 2 N–H and O–H groups in total. The number of hydrogen-bond acceptors (Lipinski definition) is 6. The number of likely N-dealkylation sites (tertiary alicyclic amines) is 1. The Morgan fingerprint density at radius 1 is 1.19 bits per heavy atom. The summed E-state index contributed by atoms with van der Waals surface area (Å²) in [6.07, 6.45) is 3.32. The highest BCUT2D eigenvalue weighted by Gasteiger charge is 2.29. The first-order valence-corrected chi connectivity index (χ1v) is 9.34. The van der Waals surface area contributed by atoms with E-state index in [1.165, 1.54) is 13.8 Å². The quantitative estimate of drug-likeness (QED) is 0.595. The number of carbonyl (C=O) groups is 3. The largest absolute Gasteiger partial charge is 0.481 e. The van der Waals surface area contributed by atoms with Crippen LogP contribution in [0.1, 0.15) is 66.7 Å². The van der Waals surface area contributed by atoms with Crippen LogP contribution in [0.3, 0.4) is 0 Å². The summed E-state index contributed by atoms with van der Waals surface area (Å²) in [6, 6.07) is 0.319. The number of Topliss-reactive ketones (excluding diaryl/α,β-unsaturated/α-hetero) is 1. The first-order valence-electron chi connectivity index (χ1n) is 9.34. The lowest BCUT2D eigenvalue weighted by molar-refractivity contribution is -0.137. The summed E-state index contributed by atoms with van der Waals surface area (Å²) in [7, 11) is 0. The molecule has 1 fully saturated rings. The van der Waals surface area contributed by atoms with Crippen molar-refractivity contribution < 1.29 is 29.3 Å². The zero-order valence-electron chi connectivity index (χ0n) is 17.2. The van der Waals surface area contributed by atoms with Gasteiger partial charge in [0.25, 0.3) is 0 Å². The van der Waals surface area contributed by atoms with Gasteiger partial charge in [-0.25, -0.2) is 0 Å². The lowest BCUT2D eigenvalue weighted by Crippen LogP contribution is -2.34. The molecule has 1 unspecified atom stereocenters. The third-order valence-electron chi connectivity index (χ3n) is 3.26. The Labute approximate surface area is 158 Å². The third kappa shape index (κ3) is 20.7. The number of hydrogen-bond donors (Lipinski definition) is 2. The molecule has 2 atom stereocenters. The summed E-state index contributed by atoms with van der Waals surface area (Å²) in [5.41, 5.74) is 0. The standard InChI is InChI=1S/C13H25NO4.C3H6O.C2H6.CH2O/c1-2-6-14-9-12(15)8-11(14)10-18-7-4-3-5-13(16)17;1-3(2)4;2*1-2/h11-12,15H,2-10H2,1H3,(H,16,17);1-2H3;1-2H3;1H2/t11-,12?;;;/m0.../s1. The van der Waals surface area contributed by atoms with Gasteiger partial charge < -0.3 is 24.5 Å². The van der Waals surface area contributed by atoms with Gasteiger partial charge in [-0.05, 0) is 46.1 Å². The van der Waals surface area contributed by atoms with Gasteiger partial charge in [0.1, 0.15) is 12.6 Å². The van der Waals surface area contributed by atoms with Gasteiger partial charge in [-0.3, -0.25) is 9.69 Å². The molecule has 0 aromatic heterocycles. The van der Waals surface area contributed by atoms with Crippen LogP contribution >= 0.6 is 0 Å². The molecule has 1 saturated heterocycles. The van der Waals surface area contributed by atoms with Gasteiger partial charge >= 0.3 is 5.97 Å². The van der Waals surface area contributed by atoms with E-state index in [4.69, 9.17) is 14.6 Å². The van der Waals surface area contributed by atoms with Gasteiger partial charge in [-0.1, -0.05) is 20.8 Å². The average molecular weight is 378 g/mol.